The third-order valence-corrected chi connectivity index (χ3v) is 2.05. The van der Waals surface area contributed by atoms with Crippen molar-refractivity contribution >= 4 is 0 Å². The van der Waals surface area contributed by atoms with Crippen LogP contribution in [0.2, 0.25) is 0 Å². The quantitative estimate of drug-likeness (QED) is 0.434. The van der Waals surface area contributed by atoms with E-state index in [-0.39, 0.29) is 0 Å². The van der Waals surface area contributed by atoms with Crippen molar-refractivity contribution in [2.24, 2.45) is 5.92 Å². The van der Waals surface area contributed by atoms with Gasteiger partial charge < -0.3 is 10.6 Å². The summed E-state index contributed by atoms with van der Waals surface area (Å²) in [7, 11) is 1.96. The molecule has 0 heterocycles. The summed E-state index contributed by atoms with van der Waals surface area (Å²) in [6.07, 6.45) is 3.97. The average molecular weight is 158 g/mol. The van der Waals surface area contributed by atoms with Crippen molar-refractivity contribution in [2.45, 2.75) is 33.1 Å². The second kappa shape index (κ2) is 8.02. The van der Waals surface area contributed by atoms with Crippen LogP contribution in [0, 0.1) is 5.92 Å². The zero-order valence-electron chi connectivity index (χ0n) is 8.11. The van der Waals surface area contributed by atoms with E-state index in [9.17, 15) is 0 Å². The van der Waals surface area contributed by atoms with Crippen molar-refractivity contribution in [1.82, 2.24) is 10.6 Å². The summed E-state index contributed by atoms with van der Waals surface area (Å²) in [6, 6.07) is 0. The molecular formula is C9H22N2. The van der Waals surface area contributed by atoms with Gasteiger partial charge in [-0.05, 0) is 32.4 Å². The Morgan fingerprint density at radius 1 is 1.36 bits per heavy atom. The molecule has 2 N–H and O–H groups in total. The van der Waals surface area contributed by atoms with E-state index in [1.807, 2.05) is 7.05 Å². The number of nitrogens with one attached hydrogen (secondary N) is 2. The molecule has 11 heavy (non-hydrogen) atoms. The first-order chi connectivity index (χ1) is 5.31. The molecule has 1 unspecified atom stereocenters. The van der Waals surface area contributed by atoms with Crippen LogP contribution in [0.5, 0.6) is 0 Å². The number of hydrogen-bond donors (Lipinski definition) is 2. The Hall–Kier alpha value is -0.0800. The Morgan fingerprint density at radius 2 is 2.09 bits per heavy atom. The third-order valence-electron chi connectivity index (χ3n) is 2.05. The van der Waals surface area contributed by atoms with E-state index >= 15 is 0 Å². The van der Waals surface area contributed by atoms with Gasteiger partial charge in [-0.2, -0.15) is 0 Å². The molecule has 0 amide bonds. The maximum Gasteiger partial charge on any atom is 0.0451 e. The highest BCUT2D eigenvalue weighted by atomic mass is 15.0. The first-order valence-corrected chi connectivity index (χ1v) is 4.66. The molecule has 0 aliphatic heterocycles. The SMILES string of the molecule is CCC(C)CCCNCNC. The summed E-state index contributed by atoms with van der Waals surface area (Å²) in [5.74, 6) is 0.895. The van der Waals surface area contributed by atoms with Gasteiger partial charge in [0.25, 0.3) is 0 Å². The van der Waals surface area contributed by atoms with Crippen molar-refractivity contribution in [3.63, 3.8) is 0 Å². The van der Waals surface area contributed by atoms with Crippen LogP contribution in [0.15, 0.2) is 0 Å². The van der Waals surface area contributed by atoms with Gasteiger partial charge in [-0.3, -0.25) is 0 Å². The first kappa shape index (κ1) is 10.9. The second-order valence-corrected chi connectivity index (χ2v) is 3.19. The standard InChI is InChI=1S/C9H22N2/c1-4-9(2)6-5-7-11-8-10-3/h9-11H,4-8H2,1-3H3. The smallest absolute Gasteiger partial charge is 0.0451 e. The van der Waals surface area contributed by atoms with E-state index in [0.717, 1.165) is 19.1 Å². The topological polar surface area (TPSA) is 24.1 Å². The Morgan fingerprint density at radius 3 is 2.64 bits per heavy atom. The predicted molar refractivity (Wildman–Crippen MR) is 50.6 cm³/mol. The highest BCUT2D eigenvalue weighted by Crippen LogP contribution is 2.07. The van der Waals surface area contributed by atoms with Gasteiger partial charge in [0.2, 0.25) is 0 Å². The lowest BCUT2D eigenvalue weighted by Crippen LogP contribution is -2.26. The van der Waals surface area contributed by atoms with Crippen LogP contribution in [0.25, 0.3) is 0 Å². The van der Waals surface area contributed by atoms with Crippen LogP contribution in [0.1, 0.15) is 33.1 Å². The van der Waals surface area contributed by atoms with Crippen molar-refractivity contribution in [3.05, 3.63) is 0 Å². The molecule has 0 bridgehead atoms. The van der Waals surface area contributed by atoms with Crippen molar-refractivity contribution in [2.75, 3.05) is 20.3 Å². The Kier molecular flexibility index (Phi) is 7.96. The van der Waals surface area contributed by atoms with Gasteiger partial charge in [0.1, 0.15) is 0 Å². The maximum atomic E-state index is 3.30. The van der Waals surface area contributed by atoms with Crippen LogP contribution in [0.4, 0.5) is 0 Å². The molecule has 0 spiro atoms. The zero-order valence-corrected chi connectivity index (χ0v) is 8.11. The fourth-order valence-electron chi connectivity index (χ4n) is 0.993. The lowest BCUT2D eigenvalue weighted by Gasteiger charge is -2.07. The fraction of sp³-hybridized carbons (Fsp3) is 1.00. The zero-order chi connectivity index (χ0) is 8.53. The lowest BCUT2D eigenvalue weighted by atomic mass is 10.0. The fourth-order valence-corrected chi connectivity index (χ4v) is 0.993. The van der Waals surface area contributed by atoms with Crippen LogP contribution in [-0.2, 0) is 0 Å². The molecule has 0 aromatic heterocycles. The highest BCUT2D eigenvalue weighted by Gasteiger charge is 1.96. The highest BCUT2D eigenvalue weighted by molar-refractivity contribution is 4.52. The summed E-state index contributed by atoms with van der Waals surface area (Å²) in [6.45, 7) is 6.65. The van der Waals surface area contributed by atoms with Gasteiger partial charge in [0, 0.05) is 6.67 Å². The molecule has 0 aromatic rings. The summed E-state index contributed by atoms with van der Waals surface area (Å²) < 4.78 is 0. The summed E-state index contributed by atoms with van der Waals surface area (Å²) in [5.41, 5.74) is 0. The molecule has 2 nitrogen and oxygen atoms in total. The van der Waals surface area contributed by atoms with Crippen LogP contribution in [-0.4, -0.2) is 20.3 Å². The van der Waals surface area contributed by atoms with Crippen molar-refractivity contribution < 1.29 is 0 Å². The van der Waals surface area contributed by atoms with E-state index in [2.05, 4.69) is 24.5 Å². The minimum absolute atomic E-state index is 0.895. The molecule has 0 rings (SSSR count). The minimum atomic E-state index is 0.895. The van der Waals surface area contributed by atoms with E-state index in [1.165, 1.54) is 19.3 Å². The Balaban J connectivity index is 2.89. The number of rotatable bonds is 7. The summed E-state index contributed by atoms with van der Waals surface area (Å²) >= 11 is 0. The average Bonchev–Trinajstić information content (AvgIpc) is 2.04. The monoisotopic (exact) mass is 158 g/mol. The number of hydrogen-bond acceptors (Lipinski definition) is 2. The Labute approximate surface area is 70.8 Å². The molecule has 0 saturated heterocycles. The molecule has 1 atom stereocenters. The van der Waals surface area contributed by atoms with Gasteiger partial charge in [-0.1, -0.05) is 20.3 Å². The van der Waals surface area contributed by atoms with E-state index < -0.39 is 0 Å². The van der Waals surface area contributed by atoms with Crippen molar-refractivity contribution in [3.8, 4) is 0 Å². The molecule has 2 heteroatoms. The summed E-state index contributed by atoms with van der Waals surface area (Å²) in [5, 5.41) is 6.36. The maximum absolute atomic E-state index is 3.30. The molecular weight excluding hydrogens is 136 g/mol. The molecule has 0 fully saturated rings. The third kappa shape index (κ3) is 7.82. The molecule has 68 valence electrons. The van der Waals surface area contributed by atoms with Gasteiger partial charge in [-0.15, -0.1) is 0 Å². The molecule has 0 saturated carbocycles. The van der Waals surface area contributed by atoms with E-state index in [0.29, 0.717) is 0 Å². The summed E-state index contributed by atoms with van der Waals surface area (Å²) in [4.78, 5) is 0. The molecule has 0 aromatic carbocycles. The normalized spacial score (nSPS) is 13.4. The predicted octanol–water partition coefficient (Wildman–Crippen LogP) is 1.58. The van der Waals surface area contributed by atoms with E-state index in [1.54, 1.807) is 0 Å². The van der Waals surface area contributed by atoms with Gasteiger partial charge >= 0.3 is 0 Å². The largest absolute Gasteiger partial charge is 0.308 e. The minimum Gasteiger partial charge on any atom is -0.308 e. The van der Waals surface area contributed by atoms with Crippen LogP contribution < -0.4 is 10.6 Å². The van der Waals surface area contributed by atoms with Gasteiger partial charge in [0.05, 0.1) is 0 Å². The van der Waals surface area contributed by atoms with E-state index in [4.69, 9.17) is 0 Å². The van der Waals surface area contributed by atoms with Crippen molar-refractivity contribution in [1.29, 1.82) is 0 Å². The lowest BCUT2D eigenvalue weighted by molar-refractivity contribution is 0.477. The molecule has 0 radical (unpaired) electrons. The second-order valence-electron chi connectivity index (χ2n) is 3.19. The Bertz CT molecular complexity index is 74.0. The van der Waals surface area contributed by atoms with Gasteiger partial charge in [-0.25, -0.2) is 0 Å². The van der Waals surface area contributed by atoms with Gasteiger partial charge in [0.15, 0.2) is 0 Å². The molecule has 0 aliphatic carbocycles. The van der Waals surface area contributed by atoms with Crippen LogP contribution >= 0.6 is 0 Å². The van der Waals surface area contributed by atoms with Crippen LogP contribution in [0.3, 0.4) is 0 Å². The first-order valence-electron chi connectivity index (χ1n) is 4.66. The molecule has 0 aliphatic rings.